The minimum absolute atomic E-state index is 0.883. The van der Waals surface area contributed by atoms with Crippen LogP contribution in [0.1, 0.15) is 41.5 Å². The highest BCUT2D eigenvalue weighted by Gasteiger charge is 2.63. The summed E-state index contributed by atoms with van der Waals surface area (Å²) in [6.07, 6.45) is -118. The van der Waals surface area contributed by atoms with Gasteiger partial charge >= 0.3 is 0 Å². The quantitative estimate of drug-likeness (QED) is 0.0273. The minimum atomic E-state index is -2.75. The van der Waals surface area contributed by atoms with E-state index in [4.69, 9.17) is 109 Å². The second-order valence-corrected chi connectivity index (χ2v) is 37.4. The fourth-order valence-corrected chi connectivity index (χ4v) is 19.1. The molecule has 0 saturated carbocycles. The largest absolute Gasteiger partial charge is 0.394 e. The molecule has 0 unspecified atom stereocenters. The van der Waals surface area contributed by atoms with Crippen LogP contribution in [0.15, 0.2) is 0 Å². The summed E-state index contributed by atoms with van der Waals surface area (Å²) in [4.78, 5) is 65.6. The Labute approximate surface area is 832 Å². The molecule has 0 radical (unpaired) electrons. The van der Waals surface area contributed by atoms with E-state index in [9.17, 15) is 187 Å². The molecule has 147 heavy (non-hydrogen) atoms. The Hall–Kier alpha value is -4.85. The third-order valence-corrected chi connectivity index (χ3v) is 27.0. The molecule has 0 aromatic rings. The van der Waals surface area contributed by atoms with E-state index >= 15 is 0 Å². The topological polar surface area (TPSA) is 1010 Å². The Kier molecular flexibility index (Phi) is 43.4. The van der Waals surface area contributed by atoms with Gasteiger partial charge in [-0.3, -0.25) is 24.0 Å². The van der Waals surface area contributed by atoms with E-state index in [-0.39, 0.29) is 0 Å². The van der Waals surface area contributed by atoms with Gasteiger partial charge in [0.05, 0.1) is 78.8 Å². The number of carbonyl (C=O) groups excluding carboxylic acids is 5. The lowest BCUT2D eigenvalue weighted by molar-refractivity contribution is -0.399. The fraction of sp³-hybridized carbons (Fsp3) is 0.939. The van der Waals surface area contributed by atoms with E-state index in [2.05, 4.69) is 26.6 Å². The highest BCUT2D eigenvalue weighted by Crippen LogP contribution is 2.42. The van der Waals surface area contributed by atoms with Crippen molar-refractivity contribution < 1.29 is 296 Å². The Morgan fingerprint density at radius 3 is 0.789 bits per heavy atom. The first-order valence-electron chi connectivity index (χ1n) is 47.0. The highest BCUT2D eigenvalue weighted by molar-refractivity contribution is 5.75. The molecule has 12 saturated heterocycles. The summed E-state index contributed by atoms with van der Waals surface area (Å²) in [5.41, 5.74) is 0. The summed E-state index contributed by atoms with van der Waals surface area (Å²) in [5, 5.41) is 373. The predicted octanol–water partition coefficient (Wildman–Crippen LogP) is -25.4. The molecule has 0 bridgehead atoms. The Morgan fingerprint density at radius 1 is 0.190 bits per heavy atom. The van der Waals surface area contributed by atoms with Gasteiger partial charge in [-0.15, -0.1) is 0 Å². The summed E-state index contributed by atoms with van der Waals surface area (Å²) >= 11 is 0. The maximum atomic E-state index is 13.5. The van der Waals surface area contributed by atoms with E-state index in [0.717, 1.165) is 34.6 Å². The van der Waals surface area contributed by atoms with Gasteiger partial charge in [-0.1, -0.05) is 0 Å². The number of aliphatic hydroxyl groups is 32. The van der Waals surface area contributed by atoms with Gasteiger partial charge in [-0.25, -0.2) is 0 Å². The van der Waals surface area contributed by atoms with Crippen LogP contribution in [0.2, 0.25) is 0 Å². The van der Waals surface area contributed by atoms with Gasteiger partial charge in [-0.05, 0) is 6.92 Å². The summed E-state index contributed by atoms with van der Waals surface area (Å²) in [6.45, 7) is -6.88. The molecule has 0 aromatic carbocycles. The van der Waals surface area contributed by atoms with Crippen LogP contribution >= 0.6 is 0 Å². The number of rotatable bonds is 38. The number of amides is 5. The second kappa shape index (κ2) is 52.8. The summed E-state index contributed by atoms with van der Waals surface area (Å²) in [5.74, 6) is -4.95. The highest BCUT2D eigenvalue weighted by atomic mass is 16.8. The fourth-order valence-electron chi connectivity index (χ4n) is 19.1. The number of hydrogen-bond donors (Lipinski definition) is 37. The van der Waals surface area contributed by atoms with Crippen LogP contribution in [0.4, 0.5) is 0 Å². The van der Waals surface area contributed by atoms with E-state index < -0.39 is 470 Å². The van der Waals surface area contributed by atoms with Gasteiger partial charge < -0.3 is 299 Å². The third-order valence-electron chi connectivity index (χ3n) is 27.0. The molecule has 37 N–H and O–H groups in total. The van der Waals surface area contributed by atoms with Gasteiger partial charge in [0.15, 0.2) is 75.5 Å². The zero-order chi connectivity index (χ0) is 108. The number of aliphatic hydroxyl groups excluding tert-OH is 32. The van der Waals surface area contributed by atoms with Gasteiger partial charge in [0, 0.05) is 34.6 Å². The number of ether oxygens (including phenoxy) is 23. The van der Waals surface area contributed by atoms with Gasteiger partial charge in [0.25, 0.3) is 0 Å². The van der Waals surface area contributed by atoms with E-state index in [1.165, 1.54) is 6.92 Å². The smallest absolute Gasteiger partial charge is 0.217 e. The van der Waals surface area contributed by atoms with Crippen LogP contribution < -0.4 is 26.6 Å². The molecule has 0 aromatic heterocycles. The predicted molar refractivity (Wildman–Crippen MR) is 452 cm³/mol. The lowest BCUT2D eigenvalue weighted by Gasteiger charge is -2.51. The molecule has 65 heteroatoms. The monoisotopic (exact) mass is 2150 g/mol. The second-order valence-electron chi connectivity index (χ2n) is 37.4. The van der Waals surface area contributed by atoms with Crippen molar-refractivity contribution >= 4 is 29.5 Å². The normalized spacial score (nSPS) is 49.6. The number of hydrogen-bond acceptors (Lipinski definition) is 60. The van der Waals surface area contributed by atoms with Crippen LogP contribution in [0.25, 0.3) is 0 Å². The summed E-state index contributed by atoms with van der Waals surface area (Å²) in [6, 6.07) is -9.96. The lowest BCUT2D eigenvalue weighted by atomic mass is 9.93. The first kappa shape index (κ1) is 121. The average molecular weight is 2150 g/mol. The molecule has 850 valence electrons. The molecule has 65 nitrogen and oxygen atoms in total. The summed E-state index contributed by atoms with van der Waals surface area (Å²) < 4.78 is 138. The van der Waals surface area contributed by atoms with Crippen LogP contribution in [-0.4, -0.2) is 634 Å². The zero-order valence-electron chi connectivity index (χ0n) is 79.2. The third kappa shape index (κ3) is 27.0. The van der Waals surface area contributed by atoms with E-state index in [1.807, 2.05) is 0 Å². The van der Waals surface area contributed by atoms with Crippen molar-refractivity contribution in [2.24, 2.45) is 0 Å². The molecule has 0 aliphatic carbocycles. The zero-order valence-corrected chi connectivity index (χ0v) is 79.2. The molecular formula is C82H137N5O60. The van der Waals surface area contributed by atoms with Crippen LogP contribution in [0.5, 0.6) is 0 Å². The first-order valence-corrected chi connectivity index (χ1v) is 47.0. The van der Waals surface area contributed by atoms with Crippen molar-refractivity contribution in [3.63, 3.8) is 0 Å². The van der Waals surface area contributed by atoms with E-state index in [1.54, 1.807) is 0 Å². The average Bonchev–Trinajstić information content (AvgIpc) is 0.766. The maximum Gasteiger partial charge on any atom is 0.217 e. The Morgan fingerprint density at radius 2 is 0.422 bits per heavy atom. The van der Waals surface area contributed by atoms with Gasteiger partial charge in [0.1, 0.15) is 287 Å². The van der Waals surface area contributed by atoms with Crippen molar-refractivity contribution in [1.82, 2.24) is 26.6 Å². The van der Waals surface area contributed by atoms with Gasteiger partial charge in [0.2, 0.25) is 29.5 Å². The molecule has 12 aliphatic rings. The molecule has 12 aliphatic heterocycles. The van der Waals surface area contributed by atoms with Crippen LogP contribution in [0, 0.1) is 0 Å². The molecule has 5 amide bonds. The minimum Gasteiger partial charge on any atom is -0.394 e. The number of nitrogens with one attached hydrogen (secondary N) is 5. The Bertz CT molecular complexity index is 4110. The van der Waals surface area contributed by atoms with Crippen molar-refractivity contribution in [1.29, 1.82) is 0 Å². The number of carbonyl (C=O) groups is 5. The van der Waals surface area contributed by atoms with Crippen LogP contribution in [-0.2, 0) is 133 Å². The van der Waals surface area contributed by atoms with Crippen molar-refractivity contribution in [2.75, 3.05) is 72.7 Å². The molecule has 12 rings (SSSR count). The maximum absolute atomic E-state index is 13.5. The van der Waals surface area contributed by atoms with Crippen molar-refractivity contribution in [3.8, 4) is 0 Å². The summed E-state index contributed by atoms with van der Waals surface area (Å²) in [7, 11) is 0. The molecule has 12 fully saturated rings. The van der Waals surface area contributed by atoms with E-state index in [0.29, 0.717) is 0 Å². The lowest BCUT2D eigenvalue weighted by Crippen LogP contribution is -2.71. The van der Waals surface area contributed by atoms with Crippen LogP contribution in [0.3, 0.4) is 0 Å². The standard InChI is InChI=1S/C82H137N5O60/c1-18-40(101)52(113)58(119)76(128-18)126-17-34-67(47(108)35(71(124)129-34)83-19(2)96)140-73-37(85-21(4)98)49(110)66(31(14-95)135-73)144-80-62(123)68(145-82-70(56(117)44(105)27(10-91)133-82)147-75-39(87-23(6)100)51(112)65(30(13-94)137-75)143-79-61(122)55(116)43(104)26(9-90)132-79)46(107)33(138-80)16-127-81-69(146-74-38(86-22(5)99)50(111)64(29(12-93)136-74)142-78-60(121)54(115)42(103)25(8-89)131-78)57(118)45(106)32(139-81)15-125-72-36(84-20(3)97)48(109)63(28(11-92)134-72)141-77-59(120)53(114)41(102)24(7-88)130-77/h18,24-82,88-95,101-124H,7-17H2,1-6H3,(H,83,96)(H,84,97)(H,85,98)(H,86,99)(H,87,100)/t18-,24-,25-,26-,27-,28-,29-,30-,31-,32-,33-,34-,35-,36-,37-,38-,39-,40+,41+,42+,43+,44-,45-,46-,47-,48+,49-,50-,51-,52+,53+,54+,55+,56+,57+,58-,59-,60-,61-,62+,63-,64-,65-,66-,67-,68+,69+,70+,71-,72-,73+,74+,75+,76+,77+,78+,79+,80+,81+,82-/m1/s1. The first-order chi connectivity index (χ1) is 69.5. The van der Waals surface area contributed by atoms with Crippen molar-refractivity contribution in [2.45, 2.75) is 410 Å². The Balaban J connectivity index is 0.913. The molecule has 60 atom stereocenters. The molecule has 12 heterocycles. The molecular weight excluding hydrogens is 2010 g/mol. The SMILES string of the molecule is CC(=O)N[C@@H]1[C@@H](O)[C@H](O[C@@H]2O[C@H](CO)[C@@H](O[C@@H]3O[C@H](CO[C@H]4O[C@H](CO[C@@H]5O[C@H](CO)[C@@H](O[C@@H]6O[C@H](CO)[C@H](O)[C@H](O)[C@H]6O)[C@@H](O)[C@H]5NC(C)=O)[C@@H](O)[C@H](O)[C@@H]4O[C@@H]4O[C@H](CO)[C@@H](O[C@@H]5O[C@H](CO)[C@H](O)[C@H](O)[C@H]5O)[C@H](O)[C@H]4NC(C)=O)[C@@H](O)[C@H](O[C@H]4O[C@H](CO)[C@@H](O)[C@H](O)[C@@H]4O[C@@H]4O[C@H](CO)[C@@H](O[C@@H]5O[C@H](CO)[C@H](O)[C@H](O)[C@H]5O)[C@H](O)[C@H]4NC(C)=O)[C@@H]3O)[C@H](O)[C@H]2NC(C)=O)[C@@H](CO[C@H]2O[C@H](C)[C@H](O)[C@H](O)[C@H]2O)O[C@H]1O. The molecule has 0 spiro atoms. The van der Waals surface area contributed by atoms with Crippen molar-refractivity contribution in [3.05, 3.63) is 0 Å². The van der Waals surface area contributed by atoms with Gasteiger partial charge in [-0.2, -0.15) is 0 Å².